The first-order valence-electron chi connectivity index (χ1n) is 18.6. The smallest absolute Gasteiger partial charge is 0.330 e. The third-order valence-corrected chi connectivity index (χ3v) is 10.9. The summed E-state index contributed by atoms with van der Waals surface area (Å²) in [7, 11) is 7.81. The van der Waals surface area contributed by atoms with Crippen molar-refractivity contribution in [3.63, 3.8) is 0 Å². The lowest BCUT2D eigenvalue weighted by atomic mass is 9.92. The molecule has 2 fully saturated rings. The highest BCUT2D eigenvalue weighted by atomic mass is 32.2. The molecule has 0 saturated carbocycles. The Bertz CT molecular complexity index is 1710. The number of carbonyl (C=O) groups is 2. The van der Waals surface area contributed by atoms with Gasteiger partial charge in [-0.1, -0.05) is 24.3 Å². The Morgan fingerprint density at radius 3 is 2.27 bits per heavy atom. The van der Waals surface area contributed by atoms with Crippen molar-refractivity contribution in [3.05, 3.63) is 83.9 Å². The molecular weight excluding hydrogens is 725 g/mol. The number of esters is 1. The summed E-state index contributed by atoms with van der Waals surface area (Å²) in [6.45, 7) is 8.85. The molecule has 0 bridgehead atoms. The maximum absolute atomic E-state index is 14.5. The second-order valence-electron chi connectivity index (χ2n) is 13.2. The quantitative estimate of drug-likeness (QED) is 0.106. The SMILES string of the molecule is C=CC[C@H](C(=O)N1CCSC[C@H]1C(=O)OC(CCc1ccc(OC)c(OC)c1)c1cccc(OCCN2CCOCC2)c1)c1cc(OC)c(OC)c(OC)c1. The first kappa shape index (κ1) is 41.6. The van der Waals surface area contributed by atoms with Crippen LogP contribution >= 0.6 is 11.8 Å². The summed E-state index contributed by atoms with van der Waals surface area (Å²) in [5.74, 6) is 3.06. The van der Waals surface area contributed by atoms with Gasteiger partial charge in [0.25, 0.3) is 0 Å². The number of nitrogens with zero attached hydrogens (tertiary/aromatic N) is 2. The average Bonchev–Trinajstić information content (AvgIpc) is 3.23. The molecule has 5 rings (SSSR count). The molecule has 298 valence electrons. The Hall–Kier alpha value is -4.59. The van der Waals surface area contributed by atoms with E-state index >= 15 is 0 Å². The number of aryl methyl sites for hydroxylation is 1. The van der Waals surface area contributed by atoms with Crippen LogP contribution in [0.1, 0.15) is 41.6 Å². The number of thioether (sulfide) groups is 1. The van der Waals surface area contributed by atoms with E-state index in [2.05, 4.69) is 11.5 Å². The van der Waals surface area contributed by atoms with Crippen LogP contribution in [-0.2, 0) is 25.5 Å². The molecule has 2 heterocycles. The van der Waals surface area contributed by atoms with Crippen molar-refractivity contribution < 1.29 is 47.5 Å². The summed E-state index contributed by atoms with van der Waals surface area (Å²) in [5.41, 5.74) is 2.48. The van der Waals surface area contributed by atoms with Gasteiger partial charge < -0.3 is 42.8 Å². The second-order valence-corrected chi connectivity index (χ2v) is 14.3. The van der Waals surface area contributed by atoms with Gasteiger partial charge in [-0.05, 0) is 72.4 Å². The van der Waals surface area contributed by atoms with Crippen LogP contribution < -0.4 is 28.4 Å². The van der Waals surface area contributed by atoms with Gasteiger partial charge in [-0.3, -0.25) is 9.69 Å². The maximum Gasteiger partial charge on any atom is 0.330 e. The molecular formula is C42H54N2O10S. The molecule has 13 heteroatoms. The molecule has 2 aliphatic rings. The van der Waals surface area contributed by atoms with Gasteiger partial charge in [-0.25, -0.2) is 4.79 Å². The van der Waals surface area contributed by atoms with Crippen LogP contribution in [0.4, 0.5) is 0 Å². The number of methoxy groups -OCH3 is 5. The number of ether oxygens (including phenoxy) is 8. The van der Waals surface area contributed by atoms with Gasteiger partial charge in [0.05, 0.1) is 54.7 Å². The molecule has 12 nitrogen and oxygen atoms in total. The molecule has 3 aromatic carbocycles. The molecule has 0 aromatic heterocycles. The van der Waals surface area contributed by atoms with E-state index < -0.39 is 24.0 Å². The van der Waals surface area contributed by atoms with Gasteiger partial charge in [0.15, 0.2) is 23.0 Å². The number of hydrogen-bond acceptors (Lipinski definition) is 12. The van der Waals surface area contributed by atoms with Gasteiger partial charge in [0, 0.05) is 37.7 Å². The molecule has 0 aliphatic carbocycles. The molecule has 0 radical (unpaired) electrons. The lowest BCUT2D eigenvalue weighted by molar-refractivity contribution is -0.159. The van der Waals surface area contributed by atoms with Crippen LogP contribution in [0.15, 0.2) is 67.3 Å². The minimum Gasteiger partial charge on any atom is -0.493 e. The fraction of sp³-hybridized carbons (Fsp3) is 0.476. The first-order chi connectivity index (χ1) is 26.8. The van der Waals surface area contributed by atoms with E-state index in [1.165, 1.54) is 21.3 Å². The fourth-order valence-electron chi connectivity index (χ4n) is 6.88. The average molecular weight is 779 g/mol. The lowest BCUT2D eigenvalue weighted by Crippen LogP contribution is -2.52. The molecule has 0 spiro atoms. The van der Waals surface area contributed by atoms with E-state index in [0.29, 0.717) is 84.0 Å². The minimum atomic E-state index is -0.794. The van der Waals surface area contributed by atoms with E-state index in [0.717, 1.165) is 44.0 Å². The number of morpholine rings is 1. The Balaban J connectivity index is 1.38. The summed E-state index contributed by atoms with van der Waals surface area (Å²) in [6, 6.07) is 16.3. The number of rotatable bonds is 19. The second kappa shape index (κ2) is 20.9. The standard InChI is InChI=1S/C42H54N2O10S/c1-7-9-33(31-26-38(49-4)40(51-6)39(27-31)50-5)41(45)44-19-23-55-28-34(44)42(46)54-35(14-12-29-13-15-36(47-2)37(24-29)48-3)30-10-8-11-32(25-30)53-22-18-43-16-20-52-21-17-43/h7-8,10-11,13,15,24-27,33-35H,1,9,12,14,16-23,28H2,2-6H3/t33-,34-,35?/m0/s1. The summed E-state index contributed by atoms with van der Waals surface area (Å²) >= 11 is 1.63. The third-order valence-electron chi connectivity index (χ3n) is 9.88. The van der Waals surface area contributed by atoms with E-state index in [-0.39, 0.29) is 5.91 Å². The molecule has 0 N–H and O–H groups in total. The lowest BCUT2D eigenvalue weighted by Gasteiger charge is -2.37. The van der Waals surface area contributed by atoms with Crippen LogP contribution in [0.3, 0.4) is 0 Å². The number of hydrogen-bond donors (Lipinski definition) is 0. The van der Waals surface area contributed by atoms with Gasteiger partial charge >= 0.3 is 5.97 Å². The summed E-state index contributed by atoms with van der Waals surface area (Å²) in [5, 5.41) is 0. The van der Waals surface area contributed by atoms with E-state index in [1.54, 1.807) is 49.1 Å². The van der Waals surface area contributed by atoms with Crippen molar-refractivity contribution >= 4 is 23.6 Å². The van der Waals surface area contributed by atoms with Crippen LogP contribution in [0.5, 0.6) is 34.5 Å². The maximum atomic E-state index is 14.5. The van der Waals surface area contributed by atoms with Crippen LogP contribution in [0.25, 0.3) is 0 Å². The van der Waals surface area contributed by atoms with E-state index in [9.17, 15) is 9.59 Å². The monoisotopic (exact) mass is 778 g/mol. The predicted octanol–water partition coefficient (Wildman–Crippen LogP) is 5.96. The molecule has 1 amide bonds. The highest BCUT2D eigenvalue weighted by Crippen LogP contribution is 2.41. The minimum absolute atomic E-state index is 0.200. The highest BCUT2D eigenvalue weighted by Gasteiger charge is 2.38. The van der Waals surface area contributed by atoms with Crippen molar-refractivity contribution in [1.29, 1.82) is 0 Å². The van der Waals surface area contributed by atoms with Gasteiger partial charge in [0.1, 0.15) is 24.5 Å². The van der Waals surface area contributed by atoms with Gasteiger partial charge in [-0.2, -0.15) is 11.8 Å². The number of benzene rings is 3. The molecule has 2 aliphatic heterocycles. The van der Waals surface area contributed by atoms with Crippen molar-refractivity contribution in [3.8, 4) is 34.5 Å². The molecule has 55 heavy (non-hydrogen) atoms. The Morgan fingerprint density at radius 1 is 0.873 bits per heavy atom. The van der Waals surface area contributed by atoms with Crippen LogP contribution in [-0.4, -0.2) is 121 Å². The fourth-order valence-corrected chi connectivity index (χ4v) is 7.91. The van der Waals surface area contributed by atoms with E-state index in [1.807, 2.05) is 42.5 Å². The Morgan fingerprint density at radius 2 is 1.60 bits per heavy atom. The van der Waals surface area contributed by atoms with E-state index in [4.69, 9.17) is 37.9 Å². The normalized spacial score (nSPS) is 17.0. The largest absolute Gasteiger partial charge is 0.493 e. The van der Waals surface area contributed by atoms with Crippen molar-refractivity contribution in [2.24, 2.45) is 0 Å². The third kappa shape index (κ3) is 10.8. The molecule has 3 atom stereocenters. The zero-order valence-corrected chi connectivity index (χ0v) is 33.4. The predicted molar refractivity (Wildman–Crippen MR) is 212 cm³/mol. The summed E-state index contributed by atoms with van der Waals surface area (Å²) in [6.07, 6.45) is 2.50. The Labute approximate surface area is 328 Å². The van der Waals surface area contributed by atoms with Crippen LogP contribution in [0, 0.1) is 0 Å². The number of carbonyl (C=O) groups excluding carboxylic acids is 2. The number of allylic oxidation sites excluding steroid dienone is 1. The zero-order valence-electron chi connectivity index (χ0n) is 32.6. The summed E-state index contributed by atoms with van der Waals surface area (Å²) in [4.78, 5) is 32.8. The molecule has 3 aromatic rings. The van der Waals surface area contributed by atoms with Crippen molar-refractivity contribution in [2.45, 2.75) is 37.3 Å². The summed E-state index contributed by atoms with van der Waals surface area (Å²) < 4.78 is 45.8. The Kier molecular flexibility index (Phi) is 15.8. The van der Waals surface area contributed by atoms with Gasteiger partial charge in [0.2, 0.25) is 11.7 Å². The van der Waals surface area contributed by atoms with Gasteiger partial charge in [-0.15, -0.1) is 6.58 Å². The van der Waals surface area contributed by atoms with Crippen molar-refractivity contribution in [1.82, 2.24) is 9.80 Å². The molecule has 2 saturated heterocycles. The molecule has 1 unspecified atom stereocenters. The zero-order chi connectivity index (χ0) is 39.2. The highest BCUT2D eigenvalue weighted by molar-refractivity contribution is 7.99. The first-order valence-corrected chi connectivity index (χ1v) is 19.7. The van der Waals surface area contributed by atoms with Crippen LogP contribution in [0.2, 0.25) is 0 Å². The topological polar surface area (TPSA) is 114 Å². The van der Waals surface area contributed by atoms with Crippen molar-refractivity contribution in [2.75, 3.05) is 93.1 Å². The number of amides is 1.